The highest BCUT2D eigenvalue weighted by Gasteiger charge is 2.64. The van der Waals surface area contributed by atoms with Gasteiger partial charge in [0.25, 0.3) is 0 Å². The van der Waals surface area contributed by atoms with Crippen LogP contribution in [0.5, 0.6) is 0 Å². The summed E-state index contributed by atoms with van der Waals surface area (Å²) in [6.07, 6.45) is -0.914. The molecule has 3 aliphatic rings. The maximum atomic E-state index is 8.75. The molecular weight excluding hydrogens is 266 g/mol. The summed E-state index contributed by atoms with van der Waals surface area (Å²) >= 11 is 0. The van der Waals surface area contributed by atoms with Crippen LogP contribution >= 0.6 is 0 Å². The quantitative estimate of drug-likeness (QED) is 0.510. The molecule has 0 aromatic rings. The normalized spacial score (nSPS) is 44.7. The van der Waals surface area contributed by atoms with E-state index in [1.165, 1.54) is 0 Å². The lowest BCUT2D eigenvalue weighted by Gasteiger charge is -2.41. The second-order valence-corrected chi connectivity index (χ2v) is 6.27. The number of rotatable bonds is 3. The molecule has 0 unspecified atom stereocenters. The summed E-state index contributed by atoms with van der Waals surface area (Å²) < 4.78 is 29.5. The Bertz CT molecular complexity index is 416. The van der Waals surface area contributed by atoms with Crippen molar-refractivity contribution in [2.75, 3.05) is 13.2 Å². The standard InChI is InChI=1S/C12H21N3O5/c1-10(2)17-7-5-16-12(6-14-15-13)9(8(7)18-10)19-11(3,4)20-12/h7-9,15H,5-6H2,1-4H3,(H-,13,14)/t7-,8+,9+,12+/m0/s1. The van der Waals surface area contributed by atoms with Crippen molar-refractivity contribution in [1.29, 1.82) is 0 Å². The number of hydrogen-bond donors (Lipinski definition) is 2. The monoisotopic (exact) mass is 287 g/mol. The van der Waals surface area contributed by atoms with E-state index < -0.39 is 23.5 Å². The van der Waals surface area contributed by atoms with E-state index in [2.05, 4.69) is 5.43 Å². The van der Waals surface area contributed by atoms with Gasteiger partial charge in [0.1, 0.15) is 18.3 Å². The largest absolute Gasteiger partial charge is 0.344 e. The van der Waals surface area contributed by atoms with Crippen LogP contribution < -0.4 is 10.6 Å². The minimum atomic E-state index is -1.02. The van der Waals surface area contributed by atoms with E-state index in [1.807, 2.05) is 32.9 Å². The van der Waals surface area contributed by atoms with Crippen LogP contribution in [0.1, 0.15) is 27.7 Å². The Morgan fingerprint density at radius 2 is 1.90 bits per heavy atom. The Morgan fingerprint density at radius 3 is 2.60 bits per heavy atom. The zero-order chi connectivity index (χ0) is 14.6. The molecule has 3 rings (SSSR count). The van der Waals surface area contributed by atoms with Crippen LogP contribution in [-0.4, -0.2) is 48.8 Å². The number of nitrogens with zero attached hydrogens (tertiary/aromatic N) is 1. The van der Waals surface area contributed by atoms with Gasteiger partial charge in [0.05, 0.1) is 13.2 Å². The van der Waals surface area contributed by atoms with Crippen LogP contribution in [0.25, 0.3) is 5.53 Å². The second kappa shape index (κ2) is 4.35. The van der Waals surface area contributed by atoms with Crippen molar-refractivity contribution >= 4 is 0 Å². The van der Waals surface area contributed by atoms with Gasteiger partial charge in [-0.2, -0.15) is 10.8 Å². The molecule has 3 heterocycles. The van der Waals surface area contributed by atoms with Crippen LogP contribution in [0.15, 0.2) is 0 Å². The van der Waals surface area contributed by atoms with Gasteiger partial charge >= 0.3 is 0 Å². The van der Waals surface area contributed by atoms with Gasteiger partial charge in [-0.25, -0.2) is 0 Å². The van der Waals surface area contributed by atoms with E-state index in [-0.39, 0.29) is 18.8 Å². The third-order valence-electron chi connectivity index (χ3n) is 3.69. The first kappa shape index (κ1) is 14.2. The van der Waals surface area contributed by atoms with Gasteiger partial charge in [-0.15, -0.1) is 0 Å². The van der Waals surface area contributed by atoms with E-state index in [4.69, 9.17) is 29.2 Å². The summed E-state index contributed by atoms with van der Waals surface area (Å²) in [5.74, 6) is -2.50. The molecule has 0 amide bonds. The Labute approximate surface area is 117 Å². The molecule has 0 saturated carbocycles. The fraction of sp³-hybridized carbons (Fsp3) is 1.00. The van der Waals surface area contributed by atoms with Gasteiger partial charge in [-0.05, 0) is 27.7 Å². The Morgan fingerprint density at radius 1 is 1.15 bits per heavy atom. The topological polar surface area (TPSA) is 94.5 Å². The lowest BCUT2D eigenvalue weighted by Crippen LogP contribution is -2.79. The molecule has 0 aliphatic carbocycles. The van der Waals surface area contributed by atoms with E-state index in [0.29, 0.717) is 6.61 Å². The van der Waals surface area contributed by atoms with Gasteiger partial charge in [0.15, 0.2) is 11.6 Å². The maximum absolute atomic E-state index is 8.75. The number of ether oxygens (including phenoxy) is 5. The van der Waals surface area contributed by atoms with Crippen LogP contribution in [0.3, 0.4) is 0 Å². The first-order valence-corrected chi connectivity index (χ1v) is 6.76. The molecule has 8 heteroatoms. The summed E-state index contributed by atoms with van der Waals surface area (Å²) in [7, 11) is 0. The smallest absolute Gasteiger partial charge is 0.204 e. The number of fused-ring (bicyclic) bond motifs is 3. The third-order valence-corrected chi connectivity index (χ3v) is 3.69. The summed E-state index contributed by atoms with van der Waals surface area (Å²) in [5, 5.41) is 1.89. The predicted molar refractivity (Wildman–Crippen MR) is 64.9 cm³/mol. The zero-order valence-electron chi connectivity index (χ0n) is 12.1. The van der Waals surface area contributed by atoms with E-state index in [0.717, 1.165) is 0 Å². The molecule has 0 aromatic heterocycles. The highest BCUT2D eigenvalue weighted by Crippen LogP contribution is 2.46. The molecule has 0 radical (unpaired) electrons. The van der Waals surface area contributed by atoms with Crippen molar-refractivity contribution in [3.05, 3.63) is 5.53 Å². The first-order chi connectivity index (χ1) is 9.27. The predicted octanol–water partition coefficient (Wildman–Crippen LogP) is -1.01. The summed E-state index contributed by atoms with van der Waals surface area (Å²) in [6, 6.07) is 0. The molecular formula is C12H21N3O5. The van der Waals surface area contributed by atoms with Crippen molar-refractivity contribution in [1.82, 2.24) is 5.43 Å². The molecule has 3 fully saturated rings. The average molecular weight is 287 g/mol. The average Bonchev–Trinajstić information content (AvgIpc) is 2.78. The molecule has 114 valence electrons. The van der Waals surface area contributed by atoms with E-state index in [1.54, 1.807) is 0 Å². The Kier molecular flexibility index (Phi) is 3.07. The Hall–Kier alpha value is -0.800. The van der Waals surface area contributed by atoms with Crippen LogP contribution in [-0.2, 0) is 23.7 Å². The molecule has 3 aliphatic heterocycles. The third kappa shape index (κ3) is 2.21. The highest BCUT2D eigenvalue weighted by atomic mass is 16.9. The lowest BCUT2D eigenvalue weighted by atomic mass is 9.97. The minimum Gasteiger partial charge on any atom is -0.344 e. The Balaban J connectivity index is 1.87. The van der Waals surface area contributed by atoms with Crippen molar-refractivity contribution in [3.8, 4) is 0 Å². The number of hydrogen-bond acceptors (Lipinski definition) is 5. The molecule has 3 saturated heterocycles. The van der Waals surface area contributed by atoms with Crippen LogP contribution in [0.4, 0.5) is 0 Å². The van der Waals surface area contributed by atoms with E-state index >= 15 is 0 Å². The number of hydrazine groups is 1. The fourth-order valence-electron chi connectivity index (χ4n) is 3.14. The van der Waals surface area contributed by atoms with Gasteiger partial charge in [0.2, 0.25) is 5.79 Å². The molecule has 0 bridgehead atoms. The molecule has 4 atom stereocenters. The minimum absolute atomic E-state index is 0.192. The summed E-state index contributed by atoms with van der Waals surface area (Å²) in [5.41, 5.74) is 11.3. The van der Waals surface area contributed by atoms with Gasteiger partial charge in [0, 0.05) is 0 Å². The van der Waals surface area contributed by atoms with Gasteiger partial charge in [-0.1, -0.05) is 0 Å². The maximum Gasteiger partial charge on any atom is 0.204 e. The van der Waals surface area contributed by atoms with Crippen molar-refractivity contribution < 1.29 is 28.9 Å². The first-order valence-electron chi connectivity index (χ1n) is 6.76. The van der Waals surface area contributed by atoms with Crippen molar-refractivity contribution in [3.63, 3.8) is 0 Å². The van der Waals surface area contributed by atoms with Gasteiger partial charge < -0.3 is 23.7 Å². The molecule has 20 heavy (non-hydrogen) atoms. The molecule has 0 spiro atoms. The van der Waals surface area contributed by atoms with Crippen molar-refractivity contribution in [2.24, 2.45) is 0 Å². The SMILES string of the molecule is CC1(C)O[C@@H]2[C@H](CO[C@]3(CN[NH+]=[N-])OC(C)(C)O[C@H]23)O1. The molecule has 2 N–H and O–H groups in total. The van der Waals surface area contributed by atoms with Crippen molar-refractivity contribution in [2.45, 2.75) is 63.4 Å². The summed E-state index contributed by atoms with van der Waals surface area (Å²) in [6.45, 7) is 7.92. The highest BCUT2D eigenvalue weighted by molar-refractivity contribution is 5.03. The zero-order valence-corrected chi connectivity index (χ0v) is 12.1. The summed E-state index contributed by atoms with van der Waals surface area (Å²) in [4.78, 5) is 0. The number of nitrogens with one attached hydrogen (secondary N) is 2. The molecule has 8 nitrogen and oxygen atoms in total. The second-order valence-electron chi connectivity index (χ2n) is 6.27. The van der Waals surface area contributed by atoms with Gasteiger partial charge in [-0.3, -0.25) is 5.43 Å². The van der Waals surface area contributed by atoms with Crippen LogP contribution in [0.2, 0.25) is 0 Å². The molecule has 0 aromatic carbocycles. The fourth-order valence-corrected chi connectivity index (χ4v) is 3.14. The van der Waals surface area contributed by atoms with Crippen LogP contribution in [0, 0.1) is 0 Å². The lowest BCUT2D eigenvalue weighted by molar-refractivity contribution is -0.555. The van der Waals surface area contributed by atoms with E-state index in [9.17, 15) is 0 Å².